The molecule has 16 heavy (non-hydrogen) atoms. The van der Waals surface area contributed by atoms with Gasteiger partial charge in [-0.05, 0) is 0 Å². The zero-order valence-electron chi connectivity index (χ0n) is 8.15. The standard InChI is InChI=1S/C6H7ClN6O2S/c1-12-5(2-13-4-8-3-9-13)10-11-6(12)16(7,14)15/h3-4H,2H2,1H3. The zero-order valence-corrected chi connectivity index (χ0v) is 9.72. The molecule has 0 fully saturated rings. The third kappa shape index (κ3) is 2.04. The van der Waals surface area contributed by atoms with E-state index in [2.05, 4.69) is 20.3 Å². The van der Waals surface area contributed by atoms with Crippen LogP contribution in [-0.2, 0) is 22.6 Å². The Kier molecular flexibility index (Phi) is 2.64. The van der Waals surface area contributed by atoms with Crippen molar-refractivity contribution in [3.8, 4) is 0 Å². The molecule has 0 bridgehead atoms. The highest BCUT2D eigenvalue weighted by atomic mass is 35.7. The van der Waals surface area contributed by atoms with Gasteiger partial charge in [-0.3, -0.25) is 0 Å². The lowest BCUT2D eigenvalue weighted by molar-refractivity contribution is 0.583. The summed E-state index contributed by atoms with van der Waals surface area (Å²) < 4.78 is 24.9. The van der Waals surface area contributed by atoms with Crippen molar-refractivity contribution in [2.75, 3.05) is 0 Å². The minimum absolute atomic E-state index is 0.274. The van der Waals surface area contributed by atoms with Crippen LogP contribution < -0.4 is 0 Å². The Labute approximate surface area is 95.3 Å². The lowest BCUT2D eigenvalue weighted by Crippen LogP contribution is -2.09. The largest absolute Gasteiger partial charge is 0.302 e. The van der Waals surface area contributed by atoms with Crippen LogP contribution >= 0.6 is 10.7 Å². The van der Waals surface area contributed by atoms with E-state index in [9.17, 15) is 8.42 Å². The highest BCUT2D eigenvalue weighted by Gasteiger charge is 2.20. The van der Waals surface area contributed by atoms with E-state index in [0.29, 0.717) is 5.82 Å². The first kappa shape index (κ1) is 11.0. The van der Waals surface area contributed by atoms with Gasteiger partial charge >= 0.3 is 0 Å². The van der Waals surface area contributed by atoms with Crippen LogP contribution in [0, 0.1) is 0 Å². The summed E-state index contributed by atoms with van der Waals surface area (Å²) in [5, 5.41) is 10.8. The second-order valence-electron chi connectivity index (χ2n) is 2.99. The molecule has 0 unspecified atom stereocenters. The first-order chi connectivity index (χ1) is 7.48. The molecule has 2 rings (SSSR count). The summed E-state index contributed by atoms with van der Waals surface area (Å²) in [5.74, 6) is 0.421. The second kappa shape index (κ2) is 3.83. The molecule has 2 aromatic heterocycles. The molecular formula is C6H7ClN6O2S. The lowest BCUT2D eigenvalue weighted by Gasteiger charge is -2.01. The molecule has 0 spiro atoms. The topological polar surface area (TPSA) is 95.6 Å². The molecule has 0 aliphatic rings. The van der Waals surface area contributed by atoms with Gasteiger partial charge in [-0.15, -0.1) is 10.2 Å². The van der Waals surface area contributed by atoms with Crippen molar-refractivity contribution in [2.45, 2.75) is 11.7 Å². The Morgan fingerprint density at radius 3 is 2.69 bits per heavy atom. The van der Waals surface area contributed by atoms with Gasteiger partial charge in [-0.25, -0.2) is 18.1 Å². The van der Waals surface area contributed by atoms with E-state index in [1.165, 1.54) is 29.0 Å². The van der Waals surface area contributed by atoms with E-state index >= 15 is 0 Å². The fourth-order valence-electron chi connectivity index (χ4n) is 1.15. The summed E-state index contributed by atoms with van der Waals surface area (Å²) in [6.07, 6.45) is 2.86. The number of aromatic nitrogens is 6. The highest BCUT2D eigenvalue weighted by molar-refractivity contribution is 8.13. The molecule has 86 valence electrons. The Balaban J connectivity index is 2.35. The van der Waals surface area contributed by atoms with E-state index in [-0.39, 0.29) is 11.7 Å². The molecule has 2 aromatic rings. The van der Waals surface area contributed by atoms with Crippen molar-refractivity contribution < 1.29 is 8.42 Å². The average molecular weight is 263 g/mol. The van der Waals surface area contributed by atoms with Gasteiger partial charge in [-0.1, -0.05) is 0 Å². The smallest absolute Gasteiger partial charge is 0.296 e. The molecule has 0 amide bonds. The lowest BCUT2D eigenvalue weighted by atomic mass is 10.6. The Hall–Kier alpha value is -1.48. The van der Waals surface area contributed by atoms with Crippen LogP contribution in [-0.4, -0.2) is 37.9 Å². The van der Waals surface area contributed by atoms with E-state index < -0.39 is 9.05 Å². The predicted molar refractivity (Wildman–Crippen MR) is 53.2 cm³/mol. The summed E-state index contributed by atoms with van der Waals surface area (Å²) in [6.45, 7) is 0.274. The third-order valence-corrected chi connectivity index (χ3v) is 3.12. The summed E-state index contributed by atoms with van der Waals surface area (Å²) >= 11 is 0. The van der Waals surface area contributed by atoms with Gasteiger partial charge < -0.3 is 4.57 Å². The molecule has 0 aromatic carbocycles. The van der Waals surface area contributed by atoms with Crippen LogP contribution in [0.3, 0.4) is 0 Å². The Morgan fingerprint density at radius 1 is 1.44 bits per heavy atom. The summed E-state index contributed by atoms with van der Waals surface area (Å²) in [4.78, 5) is 3.75. The molecular weight excluding hydrogens is 256 g/mol. The van der Waals surface area contributed by atoms with E-state index in [1.807, 2.05) is 0 Å². The number of nitrogens with zero attached hydrogens (tertiary/aromatic N) is 6. The monoisotopic (exact) mass is 262 g/mol. The van der Waals surface area contributed by atoms with E-state index in [0.717, 1.165) is 0 Å². The molecule has 0 saturated carbocycles. The van der Waals surface area contributed by atoms with Crippen molar-refractivity contribution >= 4 is 19.7 Å². The van der Waals surface area contributed by atoms with Crippen LogP contribution in [0.4, 0.5) is 0 Å². The number of hydrogen-bond acceptors (Lipinski definition) is 6. The van der Waals surface area contributed by atoms with E-state index in [1.54, 1.807) is 0 Å². The van der Waals surface area contributed by atoms with Crippen molar-refractivity contribution in [3.05, 3.63) is 18.5 Å². The quantitative estimate of drug-likeness (QED) is 0.684. The highest BCUT2D eigenvalue weighted by Crippen LogP contribution is 2.12. The predicted octanol–water partition coefficient (Wildman–Crippen LogP) is -0.618. The number of rotatable bonds is 3. The minimum Gasteiger partial charge on any atom is -0.302 e. The zero-order chi connectivity index (χ0) is 11.8. The third-order valence-electron chi connectivity index (χ3n) is 1.91. The van der Waals surface area contributed by atoms with Crippen molar-refractivity contribution in [3.63, 3.8) is 0 Å². The summed E-state index contributed by atoms with van der Waals surface area (Å²) in [6, 6.07) is 0. The minimum atomic E-state index is -3.88. The maximum absolute atomic E-state index is 11.1. The Morgan fingerprint density at radius 2 is 2.19 bits per heavy atom. The molecule has 2 heterocycles. The number of hydrogen-bond donors (Lipinski definition) is 0. The van der Waals surface area contributed by atoms with Gasteiger partial charge in [0.1, 0.15) is 19.2 Å². The van der Waals surface area contributed by atoms with Gasteiger partial charge in [0, 0.05) is 17.7 Å². The molecule has 0 aliphatic carbocycles. The first-order valence-corrected chi connectivity index (χ1v) is 6.45. The molecule has 8 nitrogen and oxygen atoms in total. The van der Waals surface area contributed by atoms with E-state index in [4.69, 9.17) is 10.7 Å². The fraction of sp³-hybridized carbons (Fsp3) is 0.333. The summed E-state index contributed by atoms with van der Waals surface area (Å²) in [7, 11) is 2.81. The fourth-order valence-corrected chi connectivity index (χ4v) is 2.13. The van der Waals surface area contributed by atoms with Crippen LogP contribution in [0.25, 0.3) is 0 Å². The van der Waals surface area contributed by atoms with Gasteiger partial charge in [-0.2, -0.15) is 5.10 Å². The molecule has 0 radical (unpaired) electrons. The first-order valence-electron chi connectivity index (χ1n) is 4.14. The Bertz CT molecular complexity index is 589. The number of halogens is 1. The van der Waals surface area contributed by atoms with Crippen LogP contribution in [0.2, 0.25) is 0 Å². The SMILES string of the molecule is Cn1c(Cn2cncn2)nnc1S(=O)(=O)Cl. The van der Waals surface area contributed by atoms with Crippen molar-refractivity contribution in [1.29, 1.82) is 0 Å². The van der Waals surface area contributed by atoms with Gasteiger partial charge in [0.05, 0.1) is 0 Å². The van der Waals surface area contributed by atoms with Crippen LogP contribution in [0.5, 0.6) is 0 Å². The van der Waals surface area contributed by atoms with Crippen molar-refractivity contribution in [1.82, 2.24) is 29.5 Å². The molecule has 0 N–H and O–H groups in total. The molecule has 0 atom stereocenters. The summed E-state index contributed by atoms with van der Waals surface area (Å²) in [5.41, 5.74) is 0. The maximum atomic E-state index is 11.1. The van der Waals surface area contributed by atoms with Gasteiger partial charge in [0.2, 0.25) is 0 Å². The van der Waals surface area contributed by atoms with Crippen molar-refractivity contribution in [2.24, 2.45) is 7.05 Å². The molecule has 0 saturated heterocycles. The average Bonchev–Trinajstić information content (AvgIpc) is 2.76. The van der Waals surface area contributed by atoms with Crippen LogP contribution in [0.15, 0.2) is 17.8 Å². The molecule has 10 heteroatoms. The van der Waals surface area contributed by atoms with Gasteiger partial charge in [0.15, 0.2) is 5.82 Å². The molecule has 0 aliphatic heterocycles. The normalized spacial score (nSPS) is 11.9. The van der Waals surface area contributed by atoms with Gasteiger partial charge in [0.25, 0.3) is 14.2 Å². The maximum Gasteiger partial charge on any atom is 0.296 e. The van der Waals surface area contributed by atoms with Crippen LogP contribution in [0.1, 0.15) is 5.82 Å². The second-order valence-corrected chi connectivity index (χ2v) is 5.45.